The molecule has 0 radical (unpaired) electrons. The summed E-state index contributed by atoms with van der Waals surface area (Å²) in [6, 6.07) is 7.29. The van der Waals surface area contributed by atoms with Gasteiger partial charge in [-0.15, -0.1) is 0 Å². The molecule has 0 aromatic heterocycles. The molecule has 0 fully saturated rings. The number of benzene rings is 1. The van der Waals surface area contributed by atoms with Gasteiger partial charge in [-0.25, -0.2) is 4.79 Å². The quantitative estimate of drug-likeness (QED) is 0.765. The minimum Gasteiger partial charge on any atom is -0.479 e. The highest BCUT2D eigenvalue weighted by Gasteiger charge is 2.17. The lowest BCUT2D eigenvalue weighted by molar-refractivity contribution is -0.148. The van der Waals surface area contributed by atoms with Gasteiger partial charge in [0.1, 0.15) is 0 Å². The van der Waals surface area contributed by atoms with E-state index < -0.39 is 12.1 Å². The third kappa shape index (κ3) is 5.22. The molecular formula is C14H19NO4S. The highest BCUT2D eigenvalue weighted by atomic mass is 32.2. The van der Waals surface area contributed by atoms with Crippen molar-refractivity contribution in [3.05, 3.63) is 35.4 Å². The van der Waals surface area contributed by atoms with E-state index in [1.165, 1.54) is 7.11 Å². The normalized spacial score (nSPS) is 11.9. The second-order valence-corrected chi connectivity index (χ2v) is 5.38. The van der Waals surface area contributed by atoms with Crippen molar-refractivity contribution in [2.24, 2.45) is 0 Å². The van der Waals surface area contributed by atoms with Gasteiger partial charge in [0.25, 0.3) is 5.91 Å². The van der Waals surface area contributed by atoms with Crippen molar-refractivity contribution in [2.45, 2.75) is 18.8 Å². The molecule has 0 aliphatic rings. The second kappa shape index (κ2) is 8.60. The van der Waals surface area contributed by atoms with Crippen molar-refractivity contribution in [3.8, 4) is 0 Å². The molecule has 1 aromatic rings. The third-order valence-corrected chi connectivity index (χ3v) is 3.64. The molecule has 0 heterocycles. The summed E-state index contributed by atoms with van der Waals surface area (Å²) in [6.07, 6.45) is -1.03. The van der Waals surface area contributed by atoms with E-state index in [2.05, 4.69) is 12.2 Å². The number of thioether (sulfide) groups is 1. The summed E-state index contributed by atoms with van der Waals surface area (Å²) in [5, 5.41) is 11.3. The first-order valence-corrected chi connectivity index (χ1v) is 7.44. The maximum Gasteiger partial charge on any atom is 0.334 e. The Morgan fingerprint density at radius 1 is 1.35 bits per heavy atom. The van der Waals surface area contributed by atoms with Gasteiger partial charge in [-0.2, -0.15) is 11.8 Å². The van der Waals surface area contributed by atoms with Gasteiger partial charge in [-0.05, 0) is 23.4 Å². The smallest absolute Gasteiger partial charge is 0.334 e. The molecule has 1 amide bonds. The number of ether oxygens (including phenoxy) is 1. The number of carboxylic acid groups (broad SMARTS) is 1. The number of nitrogens with one attached hydrogen (secondary N) is 1. The molecule has 0 bridgehead atoms. The molecule has 20 heavy (non-hydrogen) atoms. The van der Waals surface area contributed by atoms with E-state index >= 15 is 0 Å². The molecule has 110 valence electrons. The van der Waals surface area contributed by atoms with Gasteiger partial charge in [-0.3, -0.25) is 4.79 Å². The van der Waals surface area contributed by atoms with E-state index in [0.29, 0.717) is 5.56 Å². The van der Waals surface area contributed by atoms with E-state index in [-0.39, 0.29) is 12.5 Å². The SMILES string of the molecule is CCSCc1ccc(C(=O)NCC(OC)C(=O)O)cc1. The molecule has 5 nitrogen and oxygen atoms in total. The molecule has 0 aliphatic heterocycles. The zero-order chi connectivity index (χ0) is 15.0. The minimum absolute atomic E-state index is 0.0574. The number of carboxylic acids is 1. The minimum atomic E-state index is -1.10. The monoisotopic (exact) mass is 297 g/mol. The molecule has 0 aliphatic carbocycles. The van der Waals surface area contributed by atoms with Crippen LogP contribution in [-0.4, -0.2) is 42.5 Å². The molecule has 1 unspecified atom stereocenters. The average Bonchev–Trinajstić information content (AvgIpc) is 2.45. The Balaban J connectivity index is 2.53. The Morgan fingerprint density at radius 3 is 2.50 bits per heavy atom. The fourth-order valence-electron chi connectivity index (χ4n) is 1.53. The predicted molar refractivity (Wildman–Crippen MR) is 79.0 cm³/mol. The van der Waals surface area contributed by atoms with Crippen LogP contribution < -0.4 is 5.32 Å². The van der Waals surface area contributed by atoms with E-state index in [9.17, 15) is 9.59 Å². The van der Waals surface area contributed by atoms with Crippen LogP contribution in [0.4, 0.5) is 0 Å². The lowest BCUT2D eigenvalue weighted by Crippen LogP contribution is -2.37. The summed E-state index contributed by atoms with van der Waals surface area (Å²) in [6.45, 7) is 2.04. The lowest BCUT2D eigenvalue weighted by Gasteiger charge is -2.11. The zero-order valence-corrected chi connectivity index (χ0v) is 12.4. The third-order valence-electron chi connectivity index (χ3n) is 2.70. The van der Waals surface area contributed by atoms with Crippen LogP contribution in [0.1, 0.15) is 22.8 Å². The average molecular weight is 297 g/mol. The number of aliphatic carboxylic acids is 1. The van der Waals surface area contributed by atoms with Crippen molar-refractivity contribution in [1.29, 1.82) is 0 Å². The maximum absolute atomic E-state index is 11.8. The van der Waals surface area contributed by atoms with Crippen LogP contribution in [-0.2, 0) is 15.3 Å². The van der Waals surface area contributed by atoms with E-state index in [0.717, 1.165) is 17.1 Å². The van der Waals surface area contributed by atoms with Crippen molar-refractivity contribution in [1.82, 2.24) is 5.32 Å². The van der Waals surface area contributed by atoms with Crippen LogP contribution in [0, 0.1) is 0 Å². The number of methoxy groups -OCH3 is 1. The number of carbonyl (C=O) groups is 2. The first-order chi connectivity index (χ1) is 9.58. The lowest BCUT2D eigenvalue weighted by atomic mass is 10.1. The molecule has 2 N–H and O–H groups in total. The molecule has 6 heteroatoms. The summed E-state index contributed by atoms with van der Waals surface area (Å²) in [5.41, 5.74) is 1.67. The summed E-state index contributed by atoms with van der Waals surface area (Å²) in [4.78, 5) is 22.6. The van der Waals surface area contributed by atoms with Crippen molar-refractivity contribution >= 4 is 23.6 Å². The van der Waals surface area contributed by atoms with Crippen LogP contribution >= 0.6 is 11.8 Å². The number of hydrogen-bond donors (Lipinski definition) is 2. The van der Waals surface area contributed by atoms with Gasteiger partial charge >= 0.3 is 5.97 Å². The van der Waals surface area contributed by atoms with Gasteiger partial charge in [0, 0.05) is 18.4 Å². The number of carbonyl (C=O) groups excluding carboxylic acids is 1. The summed E-state index contributed by atoms with van der Waals surface area (Å²) < 4.78 is 4.74. The van der Waals surface area contributed by atoms with Crippen LogP contribution in [0.2, 0.25) is 0 Å². The second-order valence-electron chi connectivity index (χ2n) is 4.11. The number of rotatable bonds is 8. The molecular weight excluding hydrogens is 278 g/mol. The van der Waals surface area contributed by atoms with Crippen LogP contribution in [0.3, 0.4) is 0 Å². The molecule has 0 saturated heterocycles. The molecule has 0 spiro atoms. The fourth-order valence-corrected chi connectivity index (χ4v) is 2.16. The Morgan fingerprint density at radius 2 is 2.00 bits per heavy atom. The Bertz CT molecular complexity index is 447. The molecule has 1 rings (SSSR count). The van der Waals surface area contributed by atoms with Crippen molar-refractivity contribution in [3.63, 3.8) is 0 Å². The van der Waals surface area contributed by atoms with Gasteiger partial charge in [0.2, 0.25) is 0 Å². The standard InChI is InChI=1S/C14H19NO4S/c1-3-20-9-10-4-6-11(7-5-10)13(16)15-8-12(19-2)14(17)18/h4-7,12H,3,8-9H2,1-2H3,(H,15,16)(H,17,18). The number of hydrogen-bond acceptors (Lipinski definition) is 4. The highest BCUT2D eigenvalue weighted by Crippen LogP contribution is 2.12. The number of amides is 1. The van der Waals surface area contributed by atoms with Crippen LogP contribution in [0.5, 0.6) is 0 Å². The maximum atomic E-state index is 11.8. The van der Waals surface area contributed by atoms with Crippen LogP contribution in [0.15, 0.2) is 24.3 Å². The van der Waals surface area contributed by atoms with Gasteiger partial charge in [0.15, 0.2) is 6.10 Å². The first kappa shape index (κ1) is 16.5. The summed E-state index contributed by atoms with van der Waals surface area (Å²) >= 11 is 1.81. The van der Waals surface area contributed by atoms with Gasteiger partial charge in [-0.1, -0.05) is 19.1 Å². The summed E-state index contributed by atoms with van der Waals surface area (Å²) in [5.74, 6) is 0.571. The Hall–Kier alpha value is -1.53. The summed E-state index contributed by atoms with van der Waals surface area (Å²) in [7, 11) is 1.30. The van der Waals surface area contributed by atoms with Gasteiger partial charge in [0.05, 0.1) is 6.54 Å². The van der Waals surface area contributed by atoms with Gasteiger partial charge < -0.3 is 15.2 Å². The van der Waals surface area contributed by atoms with E-state index in [4.69, 9.17) is 9.84 Å². The van der Waals surface area contributed by atoms with Crippen molar-refractivity contribution < 1.29 is 19.4 Å². The zero-order valence-electron chi connectivity index (χ0n) is 11.6. The fraction of sp³-hybridized carbons (Fsp3) is 0.429. The topological polar surface area (TPSA) is 75.6 Å². The largest absolute Gasteiger partial charge is 0.479 e. The molecule has 0 saturated carbocycles. The van der Waals surface area contributed by atoms with E-state index in [1.54, 1.807) is 12.1 Å². The Labute approximate surface area is 122 Å². The molecule has 1 aromatic carbocycles. The van der Waals surface area contributed by atoms with Crippen LogP contribution in [0.25, 0.3) is 0 Å². The highest BCUT2D eigenvalue weighted by molar-refractivity contribution is 7.98. The Kier molecular flexibility index (Phi) is 7.11. The van der Waals surface area contributed by atoms with E-state index in [1.807, 2.05) is 23.9 Å². The first-order valence-electron chi connectivity index (χ1n) is 6.29. The predicted octanol–water partition coefficient (Wildman–Crippen LogP) is 1.77. The molecule has 1 atom stereocenters. The van der Waals surface area contributed by atoms with Crippen molar-refractivity contribution in [2.75, 3.05) is 19.4 Å².